The van der Waals surface area contributed by atoms with Crippen molar-refractivity contribution in [3.63, 3.8) is 0 Å². The smallest absolute Gasteiger partial charge is 0.338 e. The summed E-state index contributed by atoms with van der Waals surface area (Å²) in [4.78, 5) is 12.3. The van der Waals surface area contributed by atoms with Crippen LogP contribution in [0.3, 0.4) is 0 Å². The van der Waals surface area contributed by atoms with E-state index < -0.39 is 0 Å². The molecular formula is C19H19N3O2. The molecule has 5 nitrogen and oxygen atoms in total. The minimum atomic E-state index is -0.347. The topological polar surface area (TPSA) is 57.0 Å². The van der Waals surface area contributed by atoms with Gasteiger partial charge in [0, 0.05) is 12.6 Å². The second-order valence-electron chi connectivity index (χ2n) is 5.69. The third kappa shape index (κ3) is 3.06. The van der Waals surface area contributed by atoms with Crippen molar-refractivity contribution in [3.05, 3.63) is 71.0 Å². The predicted molar refractivity (Wildman–Crippen MR) is 91.5 cm³/mol. The van der Waals surface area contributed by atoms with Crippen molar-refractivity contribution in [2.24, 2.45) is 7.05 Å². The highest BCUT2D eigenvalue weighted by atomic mass is 16.5. The van der Waals surface area contributed by atoms with E-state index in [1.165, 1.54) is 0 Å². The largest absolute Gasteiger partial charge is 0.454 e. The van der Waals surface area contributed by atoms with E-state index in [-0.39, 0.29) is 12.6 Å². The molecule has 24 heavy (non-hydrogen) atoms. The number of rotatable bonds is 4. The van der Waals surface area contributed by atoms with Crippen LogP contribution in [-0.2, 0) is 18.4 Å². The quantitative estimate of drug-likeness (QED) is 0.691. The summed E-state index contributed by atoms with van der Waals surface area (Å²) in [6.45, 7) is 3.98. The van der Waals surface area contributed by atoms with Crippen LogP contribution in [0.5, 0.6) is 0 Å². The molecule has 0 N–H and O–H groups in total. The lowest BCUT2D eigenvalue weighted by Crippen LogP contribution is -2.10. The molecule has 0 aliphatic heterocycles. The molecule has 0 aliphatic carbocycles. The molecule has 0 unspecified atom stereocenters. The van der Waals surface area contributed by atoms with E-state index >= 15 is 0 Å². The van der Waals surface area contributed by atoms with Gasteiger partial charge in [-0.05, 0) is 31.0 Å². The van der Waals surface area contributed by atoms with E-state index in [9.17, 15) is 4.79 Å². The average Bonchev–Trinajstić information content (AvgIpc) is 2.96. The van der Waals surface area contributed by atoms with E-state index in [0.29, 0.717) is 11.4 Å². The lowest BCUT2D eigenvalue weighted by Gasteiger charge is -2.09. The zero-order chi connectivity index (χ0) is 17.1. The highest BCUT2D eigenvalue weighted by molar-refractivity contribution is 5.91. The Hall–Kier alpha value is -2.95. The fraction of sp³-hybridized carbons (Fsp3) is 0.211. The Morgan fingerprint density at radius 2 is 1.79 bits per heavy atom. The maximum absolute atomic E-state index is 12.3. The van der Waals surface area contributed by atoms with E-state index in [1.54, 1.807) is 6.07 Å². The Labute approximate surface area is 140 Å². The van der Waals surface area contributed by atoms with Crippen LogP contribution in [0.4, 0.5) is 0 Å². The summed E-state index contributed by atoms with van der Waals surface area (Å²) < 4.78 is 7.26. The molecule has 122 valence electrons. The molecule has 0 spiro atoms. The Morgan fingerprint density at radius 3 is 2.54 bits per heavy atom. The second kappa shape index (κ2) is 6.66. The summed E-state index contributed by atoms with van der Waals surface area (Å²) in [6.07, 6.45) is 0. The summed E-state index contributed by atoms with van der Waals surface area (Å²) in [5.41, 5.74) is 3.56. The van der Waals surface area contributed by atoms with Gasteiger partial charge in [0.15, 0.2) is 18.3 Å². The van der Waals surface area contributed by atoms with Gasteiger partial charge in [-0.3, -0.25) is 0 Å². The first kappa shape index (κ1) is 15.9. The van der Waals surface area contributed by atoms with Gasteiger partial charge in [0.2, 0.25) is 0 Å². The number of carbonyl (C=O) groups is 1. The molecule has 1 aromatic heterocycles. The molecule has 5 heteroatoms. The molecule has 1 heterocycles. The average molecular weight is 321 g/mol. The first-order valence-corrected chi connectivity index (χ1v) is 7.75. The number of aromatic nitrogens is 3. The number of ether oxygens (including phenoxy) is 1. The van der Waals surface area contributed by atoms with Crippen LogP contribution < -0.4 is 0 Å². The molecular weight excluding hydrogens is 302 g/mol. The van der Waals surface area contributed by atoms with Crippen LogP contribution in [0.1, 0.15) is 27.3 Å². The summed E-state index contributed by atoms with van der Waals surface area (Å²) in [5, 5.41) is 8.32. The van der Waals surface area contributed by atoms with Gasteiger partial charge in [-0.25, -0.2) is 4.79 Å². The molecule has 0 saturated heterocycles. The summed E-state index contributed by atoms with van der Waals surface area (Å²) in [5.74, 6) is 1.00. The van der Waals surface area contributed by atoms with Crippen molar-refractivity contribution < 1.29 is 9.53 Å². The van der Waals surface area contributed by atoms with Crippen LogP contribution >= 0.6 is 0 Å². The van der Waals surface area contributed by atoms with Gasteiger partial charge in [0.05, 0.1) is 5.56 Å². The zero-order valence-corrected chi connectivity index (χ0v) is 14.0. The maximum atomic E-state index is 12.3. The van der Waals surface area contributed by atoms with Crippen molar-refractivity contribution in [1.29, 1.82) is 0 Å². The molecule has 0 bridgehead atoms. The number of hydrogen-bond donors (Lipinski definition) is 0. The summed E-state index contributed by atoms with van der Waals surface area (Å²) in [6, 6.07) is 15.4. The third-order valence-electron chi connectivity index (χ3n) is 4.15. The van der Waals surface area contributed by atoms with Gasteiger partial charge in [-0.2, -0.15) is 0 Å². The SMILES string of the molecule is Cc1cccc(C(=O)OCc2nnc(-c3ccccc3)n2C)c1C. The van der Waals surface area contributed by atoms with Crippen LogP contribution in [0, 0.1) is 13.8 Å². The van der Waals surface area contributed by atoms with Crippen LogP contribution in [-0.4, -0.2) is 20.7 Å². The lowest BCUT2D eigenvalue weighted by atomic mass is 10.0. The molecule has 0 aliphatic rings. The number of benzene rings is 2. The fourth-order valence-electron chi connectivity index (χ4n) is 2.51. The highest BCUT2D eigenvalue weighted by Crippen LogP contribution is 2.18. The second-order valence-corrected chi connectivity index (χ2v) is 5.69. The Bertz CT molecular complexity index is 870. The normalized spacial score (nSPS) is 10.6. The Kier molecular flexibility index (Phi) is 4.42. The molecule has 0 atom stereocenters. The van der Waals surface area contributed by atoms with Gasteiger partial charge in [-0.15, -0.1) is 10.2 Å². The maximum Gasteiger partial charge on any atom is 0.338 e. The first-order valence-electron chi connectivity index (χ1n) is 7.75. The zero-order valence-electron chi connectivity index (χ0n) is 14.0. The Balaban J connectivity index is 1.75. The van der Waals surface area contributed by atoms with Crippen molar-refractivity contribution >= 4 is 5.97 Å². The molecule has 0 fully saturated rings. The molecule has 0 radical (unpaired) electrons. The van der Waals surface area contributed by atoms with E-state index in [4.69, 9.17) is 4.74 Å². The van der Waals surface area contributed by atoms with Crippen molar-refractivity contribution in [2.45, 2.75) is 20.5 Å². The van der Waals surface area contributed by atoms with Crippen molar-refractivity contribution in [2.75, 3.05) is 0 Å². The van der Waals surface area contributed by atoms with Crippen LogP contribution in [0.2, 0.25) is 0 Å². The van der Waals surface area contributed by atoms with Gasteiger partial charge in [-0.1, -0.05) is 42.5 Å². The van der Waals surface area contributed by atoms with E-state index in [2.05, 4.69) is 10.2 Å². The third-order valence-corrected chi connectivity index (χ3v) is 4.15. The molecule has 0 amide bonds. The molecule has 0 saturated carbocycles. The number of hydrogen-bond acceptors (Lipinski definition) is 4. The lowest BCUT2D eigenvalue weighted by molar-refractivity contribution is 0.0458. The minimum Gasteiger partial charge on any atom is -0.454 e. The summed E-state index contributed by atoms with van der Waals surface area (Å²) >= 11 is 0. The highest BCUT2D eigenvalue weighted by Gasteiger charge is 2.15. The first-order chi connectivity index (χ1) is 11.6. The minimum absolute atomic E-state index is 0.0859. The van der Waals surface area contributed by atoms with Crippen molar-refractivity contribution in [1.82, 2.24) is 14.8 Å². The number of carbonyl (C=O) groups excluding carboxylic acids is 1. The standard InChI is InChI=1S/C19H19N3O2/c1-13-8-7-11-16(14(13)2)19(23)24-12-17-20-21-18(22(17)3)15-9-5-4-6-10-15/h4-11H,12H2,1-3H3. The van der Waals surface area contributed by atoms with Gasteiger partial charge < -0.3 is 9.30 Å². The molecule has 3 aromatic rings. The van der Waals surface area contributed by atoms with Gasteiger partial charge in [0.25, 0.3) is 0 Å². The molecule has 3 rings (SSSR count). The Morgan fingerprint density at radius 1 is 1.04 bits per heavy atom. The number of aryl methyl sites for hydroxylation is 1. The van der Waals surface area contributed by atoms with Crippen molar-refractivity contribution in [3.8, 4) is 11.4 Å². The van der Waals surface area contributed by atoms with Crippen LogP contribution in [0.15, 0.2) is 48.5 Å². The predicted octanol–water partition coefficient (Wildman–Crippen LogP) is 3.46. The number of nitrogens with zero attached hydrogens (tertiary/aromatic N) is 3. The van der Waals surface area contributed by atoms with E-state index in [0.717, 1.165) is 22.5 Å². The van der Waals surface area contributed by atoms with Crippen LogP contribution in [0.25, 0.3) is 11.4 Å². The fourth-order valence-corrected chi connectivity index (χ4v) is 2.51. The monoisotopic (exact) mass is 321 g/mol. The number of esters is 1. The summed E-state index contributed by atoms with van der Waals surface area (Å²) in [7, 11) is 1.86. The van der Waals surface area contributed by atoms with Gasteiger partial charge >= 0.3 is 5.97 Å². The molecule has 2 aromatic carbocycles. The van der Waals surface area contributed by atoms with E-state index in [1.807, 2.05) is 67.9 Å². The van der Waals surface area contributed by atoms with Gasteiger partial charge in [0.1, 0.15) is 0 Å².